The molecule has 2 aliphatic rings. The van der Waals surface area contributed by atoms with Crippen molar-refractivity contribution in [2.45, 2.75) is 25.7 Å². The average Bonchev–Trinajstić information content (AvgIpc) is 3.28. The van der Waals surface area contributed by atoms with Gasteiger partial charge in [0.05, 0.1) is 26.4 Å². The molecule has 0 amide bonds. The van der Waals surface area contributed by atoms with Crippen LogP contribution in [0.25, 0.3) is 0 Å². The van der Waals surface area contributed by atoms with Crippen molar-refractivity contribution in [3.63, 3.8) is 0 Å². The van der Waals surface area contributed by atoms with Crippen LogP contribution >= 0.6 is 0 Å². The Kier molecular flexibility index (Phi) is 11.7. The van der Waals surface area contributed by atoms with Gasteiger partial charge in [-0.2, -0.15) is 0 Å². The summed E-state index contributed by atoms with van der Waals surface area (Å²) in [5.41, 5.74) is 0. The van der Waals surface area contributed by atoms with Crippen molar-refractivity contribution in [2.24, 2.45) is 0 Å². The molecule has 24 heavy (non-hydrogen) atoms. The van der Waals surface area contributed by atoms with Crippen LogP contribution in [0.1, 0.15) is 25.7 Å². The molecule has 0 atom stereocenters. The molecule has 2 aliphatic heterocycles. The van der Waals surface area contributed by atoms with E-state index >= 15 is 0 Å². The van der Waals surface area contributed by atoms with Crippen LogP contribution in [0.5, 0.6) is 0 Å². The van der Waals surface area contributed by atoms with Crippen molar-refractivity contribution in [3.05, 3.63) is 0 Å². The maximum absolute atomic E-state index is 5.57. The molecule has 6 heteroatoms. The average molecular weight is 343 g/mol. The Morgan fingerprint density at radius 1 is 0.542 bits per heavy atom. The molecule has 2 fully saturated rings. The van der Waals surface area contributed by atoms with E-state index in [2.05, 4.69) is 20.4 Å². The molecular formula is C18H38N4O2. The molecule has 2 heterocycles. The van der Waals surface area contributed by atoms with Crippen molar-refractivity contribution in [1.82, 2.24) is 20.4 Å². The summed E-state index contributed by atoms with van der Waals surface area (Å²) < 4.78 is 11.1. The first kappa shape index (κ1) is 20.1. The monoisotopic (exact) mass is 342 g/mol. The third-order valence-electron chi connectivity index (χ3n) is 4.83. The highest BCUT2D eigenvalue weighted by Gasteiger charge is 2.10. The first-order valence-electron chi connectivity index (χ1n) is 9.97. The van der Waals surface area contributed by atoms with E-state index in [9.17, 15) is 0 Å². The van der Waals surface area contributed by atoms with E-state index in [1.165, 1.54) is 65.0 Å². The summed E-state index contributed by atoms with van der Waals surface area (Å²) in [6, 6.07) is 0. The van der Waals surface area contributed by atoms with E-state index < -0.39 is 0 Å². The Hall–Kier alpha value is -0.240. The lowest BCUT2D eigenvalue weighted by atomic mass is 10.4. The molecule has 0 radical (unpaired) electrons. The molecule has 142 valence electrons. The summed E-state index contributed by atoms with van der Waals surface area (Å²) >= 11 is 0. The van der Waals surface area contributed by atoms with E-state index in [4.69, 9.17) is 9.47 Å². The van der Waals surface area contributed by atoms with Crippen LogP contribution < -0.4 is 10.6 Å². The van der Waals surface area contributed by atoms with Gasteiger partial charge in [0.15, 0.2) is 0 Å². The summed E-state index contributed by atoms with van der Waals surface area (Å²) in [5, 5.41) is 6.88. The lowest BCUT2D eigenvalue weighted by Crippen LogP contribution is -2.32. The molecule has 0 aromatic heterocycles. The summed E-state index contributed by atoms with van der Waals surface area (Å²) in [6.45, 7) is 14.4. The molecule has 0 aromatic carbocycles. The van der Waals surface area contributed by atoms with Gasteiger partial charge in [-0.25, -0.2) is 0 Å². The first-order valence-corrected chi connectivity index (χ1v) is 9.97. The third-order valence-corrected chi connectivity index (χ3v) is 4.83. The quantitative estimate of drug-likeness (QED) is 0.420. The van der Waals surface area contributed by atoms with E-state index in [1.807, 2.05) is 0 Å². The van der Waals surface area contributed by atoms with Crippen LogP contribution in [-0.2, 0) is 9.47 Å². The molecule has 0 aliphatic carbocycles. The molecule has 0 unspecified atom stereocenters. The number of nitrogens with zero attached hydrogens (tertiary/aromatic N) is 2. The summed E-state index contributed by atoms with van der Waals surface area (Å²) in [4.78, 5) is 5.06. The minimum absolute atomic E-state index is 0.696. The van der Waals surface area contributed by atoms with Gasteiger partial charge in [-0.1, -0.05) is 0 Å². The molecule has 6 nitrogen and oxygen atoms in total. The fourth-order valence-electron chi connectivity index (χ4n) is 3.35. The zero-order valence-electron chi connectivity index (χ0n) is 15.4. The van der Waals surface area contributed by atoms with E-state index in [0.717, 1.165) is 39.4 Å². The van der Waals surface area contributed by atoms with Crippen LogP contribution in [-0.4, -0.2) is 102 Å². The Morgan fingerprint density at radius 2 is 0.958 bits per heavy atom. The number of likely N-dealkylation sites (tertiary alicyclic amines) is 2. The van der Waals surface area contributed by atoms with Gasteiger partial charge in [-0.05, 0) is 51.9 Å². The Labute approximate surface area is 148 Å². The maximum Gasteiger partial charge on any atom is 0.0701 e. The predicted molar refractivity (Wildman–Crippen MR) is 98.7 cm³/mol. The standard InChI is InChI=1S/C18H38N4O2/c1-2-10-21(9-1)13-5-19-7-15-23-17-18-24-16-8-20-6-14-22-11-3-4-12-22/h19-20H,1-18H2. The molecule has 2 rings (SSSR count). The molecule has 0 saturated carbocycles. The second-order valence-electron chi connectivity index (χ2n) is 6.82. The van der Waals surface area contributed by atoms with Crippen LogP contribution in [0.15, 0.2) is 0 Å². The number of rotatable bonds is 15. The molecule has 0 aromatic rings. The van der Waals surface area contributed by atoms with E-state index in [-0.39, 0.29) is 0 Å². The molecule has 0 bridgehead atoms. The number of nitrogens with one attached hydrogen (secondary N) is 2. The molecular weight excluding hydrogens is 304 g/mol. The predicted octanol–water partition coefficient (Wildman–Crippen LogP) is 0.390. The third kappa shape index (κ3) is 9.91. The highest BCUT2D eigenvalue weighted by Crippen LogP contribution is 2.05. The number of hydrogen-bond donors (Lipinski definition) is 2. The van der Waals surface area contributed by atoms with Crippen molar-refractivity contribution in [2.75, 3.05) is 91.9 Å². The second kappa shape index (κ2) is 14.0. The topological polar surface area (TPSA) is 49.0 Å². The van der Waals surface area contributed by atoms with Crippen LogP contribution in [0.3, 0.4) is 0 Å². The summed E-state index contributed by atoms with van der Waals surface area (Å²) in [5.74, 6) is 0. The van der Waals surface area contributed by atoms with Gasteiger partial charge >= 0.3 is 0 Å². The summed E-state index contributed by atoms with van der Waals surface area (Å²) in [6.07, 6.45) is 5.49. The zero-order chi connectivity index (χ0) is 16.7. The highest BCUT2D eigenvalue weighted by atomic mass is 16.5. The van der Waals surface area contributed by atoms with Gasteiger partial charge < -0.3 is 29.9 Å². The molecule has 0 spiro atoms. The van der Waals surface area contributed by atoms with Gasteiger partial charge in [0.2, 0.25) is 0 Å². The highest BCUT2D eigenvalue weighted by molar-refractivity contribution is 4.67. The Morgan fingerprint density at radius 3 is 1.38 bits per heavy atom. The minimum atomic E-state index is 0.696. The van der Waals surface area contributed by atoms with Crippen molar-refractivity contribution < 1.29 is 9.47 Å². The van der Waals surface area contributed by atoms with Gasteiger partial charge in [-0.15, -0.1) is 0 Å². The van der Waals surface area contributed by atoms with Crippen LogP contribution in [0.2, 0.25) is 0 Å². The maximum atomic E-state index is 5.57. The normalized spacial score (nSPS) is 19.5. The lowest BCUT2D eigenvalue weighted by molar-refractivity contribution is 0.0498. The van der Waals surface area contributed by atoms with Crippen molar-refractivity contribution >= 4 is 0 Å². The van der Waals surface area contributed by atoms with E-state index in [0.29, 0.717) is 13.2 Å². The largest absolute Gasteiger partial charge is 0.378 e. The first-order chi connectivity index (χ1) is 11.9. The van der Waals surface area contributed by atoms with Crippen molar-refractivity contribution in [3.8, 4) is 0 Å². The second-order valence-corrected chi connectivity index (χ2v) is 6.82. The van der Waals surface area contributed by atoms with Gasteiger partial charge in [0, 0.05) is 39.3 Å². The molecule has 2 saturated heterocycles. The number of ether oxygens (including phenoxy) is 2. The Balaban J connectivity index is 1.21. The van der Waals surface area contributed by atoms with Gasteiger partial charge in [0.25, 0.3) is 0 Å². The van der Waals surface area contributed by atoms with Gasteiger partial charge in [0.1, 0.15) is 0 Å². The fourth-order valence-corrected chi connectivity index (χ4v) is 3.35. The van der Waals surface area contributed by atoms with Gasteiger partial charge in [-0.3, -0.25) is 0 Å². The lowest BCUT2D eigenvalue weighted by Gasteiger charge is -2.15. The SMILES string of the molecule is C1CCN(CCNCCOCCOCCNCCN2CCCC2)C1. The Bertz CT molecular complexity index is 254. The smallest absolute Gasteiger partial charge is 0.0701 e. The minimum Gasteiger partial charge on any atom is -0.378 e. The zero-order valence-corrected chi connectivity index (χ0v) is 15.4. The van der Waals surface area contributed by atoms with Crippen LogP contribution in [0.4, 0.5) is 0 Å². The van der Waals surface area contributed by atoms with Crippen molar-refractivity contribution in [1.29, 1.82) is 0 Å². The van der Waals surface area contributed by atoms with Crippen LogP contribution in [0, 0.1) is 0 Å². The fraction of sp³-hybridized carbons (Fsp3) is 1.00. The van der Waals surface area contributed by atoms with E-state index in [1.54, 1.807) is 0 Å². The number of hydrogen-bond acceptors (Lipinski definition) is 6. The summed E-state index contributed by atoms with van der Waals surface area (Å²) in [7, 11) is 0. The molecule has 2 N–H and O–H groups in total.